The number of nitrogens with zero attached hydrogens (tertiary/aromatic N) is 1. The second-order valence-electron chi connectivity index (χ2n) is 4.81. The molecule has 0 radical (unpaired) electrons. The van der Waals surface area contributed by atoms with Gasteiger partial charge in [0.25, 0.3) is 0 Å². The summed E-state index contributed by atoms with van der Waals surface area (Å²) >= 11 is 4.93. The topological polar surface area (TPSA) is 29.3 Å². The van der Waals surface area contributed by atoms with Gasteiger partial charge in [0.05, 0.1) is 0 Å². The van der Waals surface area contributed by atoms with Crippen LogP contribution in [0.15, 0.2) is 42.5 Å². The van der Waals surface area contributed by atoms with Crippen molar-refractivity contribution in [3.05, 3.63) is 65.0 Å². The van der Waals surface area contributed by atoms with Gasteiger partial charge in [0.15, 0.2) is 0 Å². The van der Waals surface area contributed by atoms with Crippen LogP contribution >= 0.6 is 12.2 Å². The van der Waals surface area contributed by atoms with Gasteiger partial charge in [0.2, 0.25) is 0 Å². The second-order valence-corrected chi connectivity index (χ2v) is 5.25. The van der Waals surface area contributed by atoms with E-state index in [9.17, 15) is 4.39 Å². The van der Waals surface area contributed by atoms with E-state index in [1.54, 1.807) is 12.1 Å². The van der Waals surface area contributed by atoms with Crippen LogP contribution in [0.5, 0.6) is 0 Å². The number of aryl methyl sites for hydroxylation is 1. The number of nitrogens with two attached hydrogens (primary N) is 1. The van der Waals surface area contributed by atoms with E-state index in [0.29, 0.717) is 17.7 Å². The smallest absolute Gasteiger partial charge is 0.128 e. The van der Waals surface area contributed by atoms with Crippen molar-refractivity contribution in [2.75, 3.05) is 11.9 Å². The highest BCUT2D eigenvalue weighted by Crippen LogP contribution is 2.21. The lowest BCUT2D eigenvalue weighted by atomic mass is 10.1. The molecule has 0 spiro atoms. The average Bonchev–Trinajstić information content (AvgIpc) is 2.41. The Labute approximate surface area is 124 Å². The van der Waals surface area contributed by atoms with Crippen LogP contribution in [-0.4, -0.2) is 12.0 Å². The molecule has 0 amide bonds. The van der Waals surface area contributed by atoms with Gasteiger partial charge in [-0.3, -0.25) is 0 Å². The molecule has 104 valence electrons. The highest BCUT2D eigenvalue weighted by atomic mass is 32.1. The van der Waals surface area contributed by atoms with Gasteiger partial charge in [-0.05, 0) is 36.8 Å². The molecule has 2 N–H and O–H groups in total. The van der Waals surface area contributed by atoms with E-state index >= 15 is 0 Å². The Morgan fingerprint density at radius 2 is 1.95 bits per heavy atom. The Morgan fingerprint density at radius 3 is 2.60 bits per heavy atom. The maximum Gasteiger partial charge on any atom is 0.128 e. The molecule has 0 aliphatic carbocycles. The normalized spacial score (nSPS) is 10.3. The van der Waals surface area contributed by atoms with Crippen LogP contribution in [0.25, 0.3) is 0 Å². The number of anilines is 1. The van der Waals surface area contributed by atoms with Crippen molar-refractivity contribution in [1.82, 2.24) is 0 Å². The highest BCUT2D eigenvalue weighted by molar-refractivity contribution is 7.80. The van der Waals surface area contributed by atoms with Gasteiger partial charge in [0, 0.05) is 30.4 Å². The van der Waals surface area contributed by atoms with Crippen molar-refractivity contribution in [1.29, 1.82) is 0 Å². The summed E-state index contributed by atoms with van der Waals surface area (Å²) in [6, 6.07) is 12.7. The molecular formula is C16H17FN2S. The summed E-state index contributed by atoms with van der Waals surface area (Å²) in [5.74, 6) is -0.245. The van der Waals surface area contributed by atoms with E-state index in [1.807, 2.05) is 43.1 Å². The number of hydrogen-bond donors (Lipinski definition) is 1. The summed E-state index contributed by atoms with van der Waals surface area (Å²) in [5, 5.41) is 0. The van der Waals surface area contributed by atoms with Crippen LogP contribution in [0.3, 0.4) is 0 Å². The van der Waals surface area contributed by atoms with Crippen molar-refractivity contribution in [2.45, 2.75) is 13.5 Å². The van der Waals surface area contributed by atoms with Gasteiger partial charge in [-0.15, -0.1) is 0 Å². The molecule has 20 heavy (non-hydrogen) atoms. The molecule has 2 aromatic rings. The Morgan fingerprint density at radius 1 is 1.25 bits per heavy atom. The average molecular weight is 288 g/mol. The molecule has 0 bridgehead atoms. The fraction of sp³-hybridized carbons (Fsp3) is 0.188. The van der Waals surface area contributed by atoms with E-state index in [1.165, 1.54) is 6.07 Å². The van der Waals surface area contributed by atoms with Crippen molar-refractivity contribution in [2.24, 2.45) is 5.73 Å². The van der Waals surface area contributed by atoms with Crippen LogP contribution in [0, 0.1) is 12.7 Å². The Bertz CT molecular complexity index is 640. The molecule has 2 rings (SSSR count). The first kappa shape index (κ1) is 14.5. The van der Waals surface area contributed by atoms with Gasteiger partial charge in [-0.1, -0.05) is 30.4 Å². The first-order valence-electron chi connectivity index (χ1n) is 6.34. The van der Waals surface area contributed by atoms with Crippen molar-refractivity contribution < 1.29 is 4.39 Å². The number of para-hydroxylation sites is 1. The van der Waals surface area contributed by atoms with Crippen molar-refractivity contribution in [3.8, 4) is 0 Å². The van der Waals surface area contributed by atoms with Crippen LogP contribution in [0.4, 0.5) is 10.1 Å². The molecule has 0 fully saturated rings. The summed E-state index contributed by atoms with van der Waals surface area (Å²) in [6.07, 6.45) is 0. The number of benzene rings is 2. The van der Waals surface area contributed by atoms with E-state index in [2.05, 4.69) is 0 Å². The van der Waals surface area contributed by atoms with Crippen LogP contribution in [0.2, 0.25) is 0 Å². The molecule has 2 nitrogen and oxygen atoms in total. The summed E-state index contributed by atoms with van der Waals surface area (Å²) in [4.78, 5) is 2.29. The maximum atomic E-state index is 13.9. The molecule has 0 aromatic heterocycles. The fourth-order valence-corrected chi connectivity index (χ4v) is 2.31. The SMILES string of the molecule is Cc1ccccc1N(C)Cc1cc(C(N)=S)ccc1F. The third-order valence-electron chi connectivity index (χ3n) is 3.26. The lowest BCUT2D eigenvalue weighted by Gasteiger charge is -2.22. The zero-order valence-electron chi connectivity index (χ0n) is 11.6. The van der Waals surface area contributed by atoms with Gasteiger partial charge in [0.1, 0.15) is 10.8 Å². The third-order valence-corrected chi connectivity index (χ3v) is 3.50. The second kappa shape index (κ2) is 6.01. The van der Waals surface area contributed by atoms with Crippen molar-refractivity contribution in [3.63, 3.8) is 0 Å². The Kier molecular flexibility index (Phi) is 4.35. The first-order chi connectivity index (χ1) is 9.49. The summed E-state index contributed by atoms with van der Waals surface area (Å²) in [7, 11) is 1.94. The third kappa shape index (κ3) is 3.14. The maximum absolute atomic E-state index is 13.9. The van der Waals surface area contributed by atoms with Gasteiger partial charge < -0.3 is 10.6 Å². The summed E-state index contributed by atoms with van der Waals surface area (Å²) in [6.45, 7) is 2.50. The fourth-order valence-electron chi connectivity index (χ4n) is 2.18. The minimum absolute atomic E-state index is 0.245. The van der Waals surface area contributed by atoms with Crippen LogP contribution < -0.4 is 10.6 Å². The molecule has 2 aromatic carbocycles. The number of halogens is 1. The molecular weight excluding hydrogens is 271 g/mol. The minimum Gasteiger partial charge on any atom is -0.389 e. The molecule has 0 aliphatic rings. The van der Waals surface area contributed by atoms with Crippen LogP contribution in [0.1, 0.15) is 16.7 Å². The summed E-state index contributed by atoms with van der Waals surface area (Å²) in [5.41, 5.74) is 9.10. The molecule has 0 saturated heterocycles. The first-order valence-corrected chi connectivity index (χ1v) is 6.75. The predicted octanol–water partition coefficient (Wildman–Crippen LogP) is 3.40. The van der Waals surface area contributed by atoms with E-state index in [0.717, 1.165) is 11.3 Å². The largest absolute Gasteiger partial charge is 0.389 e. The van der Waals surface area contributed by atoms with E-state index < -0.39 is 0 Å². The number of rotatable bonds is 4. The van der Waals surface area contributed by atoms with Gasteiger partial charge >= 0.3 is 0 Å². The predicted molar refractivity (Wildman–Crippen MR) is 85.6 cm³/mol. The monoisotopic (exact) mass is 288 g/mol. The lowest BCUT2D eigenvalue weighted by molar-refractivity contribution is 0.607. The number of thiocarbonyl (C=S) groups is 1. The minimum atomic E-state index is -0.245. The quantitative estimate of drug-likeness (QED) is 0.874. The van der Waals surface area contributed by atoms with E-state index in [4.69, 9.17) is 18.0 Å². The van der Waals surface area contributed by atoms with E-state index in [-0.39, 0.29) is 10.8 Å². The lowest BCUT2D eigenvalue weighted by Crippen LogP contribution is -2.19. The zero-order chi connectivity index (χ0) is 14.7. The Balaban J connectivity index is 2.28. The molecule has 0 atom stereocenters. The zero-order valence-corrected chi connectivity index (χ0v) is 12.4. The standard InChI is InChI=1S/C16H17FN2S/c1-11-5-3-4-6-15(11)19(2)10-13-9-12(16(18)20)7-8-14(13)17/h3-9H,10H2,1-2H3,(H2,18,20). The molecule has 0 unspecified atom stereocenters. The molecule has 4 heteroatoms. The van der Waals surface area contributed by atoms with Gasteiger partial charge in [-0.2, -0.15) is 0 Å². The Hall–Kier alpha value is -1.94. The molecule has 0 heterocycles. The van der Waals surface area contributed by atoms with Crippen LogP contribution in [-0.2, 0) is 6.54 Å². The molecule has 0 aliphatic heterocycles. The summed E-state index contributed by atoms with van der Waals surface area (Å²) < 4.78 is 13.9. The van der Waals surface area contributed by atoms with Gasteiger partial charge in [-0.25, -0.2) is 4.39 Å². The number of hydrogen-bond acceptors (Lipinski definition) is 2. The molecule has 0 saturated carbocycles. The highest BCUT2D eigenvalue weighted by Gasteiger charge is 2.10. The van der Waals surface area contributed by atoms with Crippen molar-refractivity contribution >= 4 is 22.9 Å².